The van der Waals surface area contributed by atoms with E-state index in [2.05, 4.69) is 15.9 Å². The standard InChI is InChI=1S/C12H14BrClFN/c13-10-5-4-9(12(15)11(10)14)8-3-1-2-7(8)6-16/h4-5,7-8H,1-3,6,16H2. The third kappa shape index (κ3) is 2.13. The van der Waals surface area contributed by atoms with Gasteiger partial charge in [0.1, 0.15) is 5.82 Å². The normalized spacial score (nSPS) is 25.0. The highest BCUT2D eigenvalue weighted by Gasteiger charge is 2.30. The van der Waals surface area contributed by atoms with Crippen molar-refractivity contribution in [2.24, 2.45) is 11.7 Å². The van der Waals surface area contributed by atoms with Crippen molar-refractivity contribution in [1.82, 2.24) is 0 Å². The van der Waals surface area contributed by atoms with Gasteiger partial charge in [0.2, 0.25) is 0 Å². The molecule has 0 bridgehead atoms. The van der Waals surface area contributed by atoms with Gasteiger partial charge < -0.3 is 5.73 Å². The van der Waals surface area contributed by atoms with Crippen LogP contribution in [0.1, 0.15) is 30.7 Å². The van der Waals surface area contributed by atoms with Crippen LogP contribution in [0.3, 0.4) is 0 Å². The van der Waals surface area contributed by atoms with Crippen molar-refractivity contribution in [3.8, 4) is 0 Å². The molecule has 2 N–H and O–H groups in total. The monoisotopic (exact) mass is 305 g/mol. The highest BCUT2D eigenvalue weighted by atomic mass is 79.9. The van der Waals surface area contributed by atoms with Gasteiger partial charge in [-0.3, -0.25) is 0 Å². The van der Waals surface area contributed by atoms with Crippen molar-refractivity contribution in [3.05, 3.63) is 33.0 Å². The van der Waals surface area contributed by atoms with Crippen LogP contribution in [0.5, 0.6) is 0 Å². The van der Waals surface area contributed by atoms with Gasteiger partial charge in [0.15, 0.2) is 0 Å². The van der Waals surface area contributed by atoms with Crippen LogP contribution >= 0.6 is 27.5 Å². The number of halogens is 3. The molecule has 0 aromatic heterocycles. The molecule has 1 aromatic rings. The summed E-state index contributed by atoms with van der Waals surface area (Å²) in [4.78, 5) is 0. The SMILES string of the molecule is NCC1CCCC1c1ccc(Br)c(Cl)c1F. The van der Waals surface area contributed by atoms with Gasteiger partial charge in [-0.1, -0.05) is 24.1 Å². The zero-order valence-electron chi connectivity index (χ0n) is 8.85. The van der Waals surface area contributed by atoms with E-state index in [0.29, 0.717) is 16.9 Å². The summed E-state index contributed by atoms with van der Waals surface area (Å²) < 4.78 is 14.6. The maximum Gasteiger partial charge on any atom is 0.146 e. The van der Waals surface area contributed by atoms with E-state index in [-0.39, 0.29) is 16.8 Å². The zero-order chi connectivity index (χ0) is 11.7. The highest BCUT2D eigenvalue weighted by molar-refractivity contribution is 9.10. The van der Waals surface area contributed by atoms with E-state index in [1.165, 1.54) is 0 Å². The van der Waals surface area contributed by atoms with Crippen LogP contribution in [0, 0.1) is 11.7 Å². The highest BCUT2D eigenvalue weighted by Crippen LogP contribution is 2.42. The van der Waals surface area contributed by atoms with Gasteiger partial charge in [-0.2, -0.15) is 0 Å². The lowest BCUT2D eigenvalue weighted by atomic mass is 9.88. The Kier molecular flexibility index (Phi) is 3.88. The minimum Gasteiger partial charge on any atom is -0.330 e. The van der Waals surface area contributed by atoms with E-state index >= 15 is 0 Å². The summed E-state index contributed by atoms with van der Waals surface area (Å²) in [6.45, 7) is 0.623. The van der Waals surface area contributed by atoms with Crippen molar-refractivity contribution in [2.75, 3.05) is 6.54 Å². The van der Waals surface area contributed by atoms with E-state index < -0.39 is 0 Å². The van der Waals surface area contributed by atoms with E-state index in [4.69, 9.17) is 17.3 Å². The number of hydrogen-bond donors (Lipinski definition) is 1. The molecular weight excluding hydrogens is 292 g/mol. The Labute approximate surface area is 108 Å². The van der Waals surface area contributed by atoms with Crippen LogP contribution in [0.15, 0.2) is 16.6 Å². The summed E-state index contributed by atoms with van der Waals surface area (Å²) in [6.07, 6.45) is 3.23. The number of benzene rings is 1. The maximum absolute atomic E-state index is 14.0. The Hall–Kier alpha value is -0.120. The van der Waals surface area contributed by atoms with Gasteiger partial charge in [0.05, 0.1) is 5.02 Å². The first-order chi connectivity index (χ1) is 7.65. The maximum atomic E-state index is 14.0. The lowest BCUT2D eigenvalue weighted by molar-refractivity contribution is 0.474. The summed E-state index contributed by atoms with van der Waals surface area (Å²) in [5, 5.41) is 0.181. The molecule has 4 heteroatoms. The fourth-order valence-electron chi connectivity index (χ4n) is 2.56. The smallest absolute Gasteiger partial charge is 0.146 e. The summed E-state index contributed by atoms with van der Waals surface area (Å²) >= 11 is 9.12. The van der Waals surface area contributed by atoms with Crippen molar-refractivity contribution in [1.29, 1.82) is 0 Å². The molecule has 2 atom stereocenters. The predicted molar refractivity (Wildman–Crippen MR) is 68.2 cm³/mol. The van der Waals surface area contributed by atoms with Crippen LogP contribution in [0.25, 0.3) is 0 Å². The molecule has 2 unspecified atom stereocenters. The molecule has 88 valence electrons. The summed E-state index contributed by atoms with van der Waals surface area (Å²) in [7, 11) is 0. The van der Waals surface area contributed by atoms with Crippen LogP contribution in [0.2, 0.25) is 5.02 Å². The van der Waals surface area contributed by atoms with E-state index in [1.807, 2.05) is 12.1 Å². The van der Waals surface area contributed by atoms with Crippen molar-refractivity contribution in [2.45, 2.75) is 25.2 Å². The first kappa shape index (κ1) is 12.3. The minimum atomic E-state index is -0.290. The molecule has 1 aliphatic carbocycles. The number of rotatable bonds is 2. The van der Waals surface area contributed by atoms with Crippen molar-refractivity contribution in [3.63, 3.8) is 0 Å². The molecule has 0 heterocycles. The predicted octanol–water partition coefficient (Wildman–Crippen LogP) is 4.08. The fourth-order valence-corrected chi connectivity index (χ4v) is 3.03. The third-order valence-corrected chi connectivity index (χ3v) is 4.68. The van der Waals surface area contributed by atoms with Crippen LogP contribution in [-0.4, -0.2) is 6.54 Å². The molecule has 1 saturated carbocycles. The van der Waals surface area contributed by atoms with Gasteiger partial charge in [0.25, 0.3) is 0 Å². The minimum absolute atomic E-state index is 0.181. The Morgan fingerprint density at radius 1 is 1.44 bits per heavy atom. The molecule has 16 heavy (non-hydrogen) atoms. The third-order valence-electron chi connectivity index (χ3n) is 3.43. The molecule has 2 rings (SSSR count). The van der Waals surface area contributed by atoms with Crippen molar-refractivity contribution < 1.29 is 4.39 Å². The van der Waals surface area contributed by atoms with E-state index in [0.717, 1.165) is 24.8 Å². The second kappa shape index (κ2) is 5.03. The Morgan fingerprint density at radius 3 is 2.88 bits per heavy atom. The molecule has 1 fully saturated rings. The quantitative estimate of drug-likeness (QED) is 0.819. The Bertz CT molecular complexity index is 397. The zero-order valence-corrected chi connectivity index (χ0v) is 11.2. The lowest BCUT2D eigenvalue weighted by Crippen LogP contribution is -2.18. The number of hydrogen-bond acceptors (Lipinski definition) is 1. The largest absolute Gasteiger partial charge is 0.330 e. The average molecular weight is 307 g/mol. The van der Waals surface area contributed by atoms with E-state index in [9.17, 15) is 4.39 Å². The topological polar surface area (TPSA) is 26.0 Å². The molecule has 0 spiro atoms. The molecule has 0 radical (unpaired) electrons. The second-order valence-corrected chi connectivity index (χ2v) is 5.53. The van der Waals surface area contributed by atoms with Gasteiger partial charge in [-0.15, -0.1) is 0 Å². The summed E-state index contributed by atoms with van der Waals surface area (Å²) in [5.74, 6) is 0.337. The van der Waals surface area contributed by atoms with Gasteiger partial charge in [-0.05, 0) is 58.8 Å². The summed E-state index contributed by atoms with van der Waals surface area (Å²) in [5.41, 5.74) is 6.44. The molecule has 1 aliphatic rings. The van der Waals surface area contributed by atoms with E-state index in [1.54, 1.807) is 0 Å². The van der Waals surface area contributed by atoms with Gasteiger partial charge in [-0.25, -0.2) is 4.39 Å². The molecule has 0 aliphatic heterocycles. The molecule has 0 amide bonds. The Balaban J connectivity index is 2.37. The molecule has 1 aromatic carbocycles. The number of nitrogens with two attached hydrogens (primary N) is 1. The molecule has 0 saturated heterocycles. The van der Waals surface area contributed by atoms with Gasteiger partial charge >= 0.3 is 0 Å². The first-order valence-electron chi connectivity index (χ1n) is 5.48. The molecule has 1 nitrogen and oxygen atoms in total. The fraction of sp³-hybridized carbons (Fsp3) is 0.500. The average Bonchev–Trinajstić information content (AvgIpc) is 2.74. The van der Waals surface area contributed by atoms with Crippen LogP contribution in [0.4, 0.5) is 4.39 Å². The lowest BCUT2D eigenvalue weighted by Gasteiger charge is -2.19. The Morgan fingerprint density at radius 2 is 2.19 bits per heavy atom. The van der Waals surface area contributed by atoms with Crippen LogP contribution in [-0.2, 0) is 0 Å². The second-order valence-electron chi connectivity index (χ2n) is 4.30. The summed E-state index contributed by atoms with van der Waals surface area (Å²) in [6, 6.07) is 3.64. The van der Waals surface area contributed by atoms with Crippen molar-refractivity contribution >= 4 is 27.5 Å². The first-order valence-corrected chi connectivity index (χ1v) is 6.65. The molecular formula is C12H14BrClFN. The van der Waals surface area contributed by atoms with Crippen LogP contribution < -0.4 is 5.73 Å². The van der Waals surface area contributed by atoms with Gasteiger partial charge in [0, 0.05) is 4.47 Å².